The Balaban J connectivity index is 3.01. The number of benzene rings is 1. The van der Waals surface area contributed by atoms with Gasteiger partial charge in [-0.25, -0.2) is 0 Å². The zero-order chi connectivity index (χ0) is 12.1. The molecular formula is C12H15NO3. The van der Waals surface area contributed by atoms with Crippen molar-refractivity contribution < 1.29 is 14.9 Å². The Morgan fingerprint density at radius 1 is 1.44 bits per heavy atom. The van der Waals surface area contributed by atoms with E-state index >= 15 is 0 Å². The van der Waals surface area contributed by atoms with Crippen LogP contribution < -0.4 is 4.74 Å². The first-order valence-corrected chi connectivity index (χ1v) is 4.97. The van der Waals surface area contributed by atoms with Gasteiger partial charge in [-0.15, -0.1) is 0 Å². The summed E-state index contributed by atoms with van der Waals surface area (Å²) in [6, 6.07) is 7.14. The lowest BCUT2D eigenvalue weighted by molar-refractivity contribution is 0.0202. The van der Waals surface area contributed by atoms with Crippen molar-refractivity contribution in [3.63, 3.8) is 0 Å². The molecule has 1 aromatic carbocycles. The Hall–Kier alpha value is -1.57. The van der Waals surface area contributed by atoms with Crippen LogP contribution in [-0.2, 0) is 0 Å². The predicted molar refractivity (Wildman–Crippen MR) is 58.9 cm³/mol. The van der Waals surface area contributed by atoms with Crippen molar-refractivity contribution in [1.29, 1.82) is 5.26 Å². The topological polar surface area (TPSA) is 73.5 Å². The summed E-state index contributed by atoms with van der Waals surface area (Å²) in [5, 5.41) is 27.9. The van der Waals surface area contributed by atoms with Crippen LogP contribution in [0.25, 0.3) is 0 Å². The van der Waals surface area contributed by atoms with Crippen LogP contribution in [0, 0.1) is 18.3 Å². The summed E-state index contributed by atoms with van der Waals surface area (Å²) in [6.45, 7) is 1.88. The number of rotatable bonds is 4. The monoisotopic (exact) mass is 221 g/mol. The van der Waals surface area contributed by atoms with Crippen LogP contribution in [0.5, 0.6) is 5.75 Å². The summed E-state index contributed by atoms with van der Waals surface area (Å²) in [4.78, 5) is 0. The van der Waals surface area contributed by atoms with E-state index in [1.54, 1.807) is 12.1 Å². The molecule has 4 nitrogen and oxygen atoms in total. The average molecular weight is 221 g/mol. The van der Waals surface area contributed by atoms with Gasteiger partial charge in [0.1, 0.15) is 11.9 Å². The molecule has 0 aliphatic rings. The fourth-order valence-corrected chi connectivity index (χ4v) is 1.50. The number of hydrogen-bond donors (Lipinski definition) is 2. The van der Waals surface area contributed by atoms with Gasteiger partial charge in [-0.2, -0.15) is 5.26 Å². The third kappa shape index (κ3) is 2.72. The minimum absolute atomic E-state index is 0.113. The van der Waals surface area contributed by atoms with Crippen LogP contribution in [0.3, 0.4) is 0 Å². The number of aryl methyl sites for hydroxylation is 1. The first kappa shape index (κ1) is 12.5. The van der Waals surface area contributed by atoms with Crippen molar-refractivity contribution >= 4 is 0 Å². The van der Waals surface area contributed by atoms with Gasteiger partial charge in [-0.1, -0.05) is 11.6 Å². The van der Waals surface area contributed by atoms with E-state index in [-0.39, 0.29) is 6.42 Å². The van der Waals surface area contributed by atoms with E-state index in [0.29, 0.717) is 11.3 Å². The smallest absolute Gasteiger partial charge is 0.124 e. The maximum atomic E-state index is 9.88. The maximum absolute atomic E-state index is 9.88. The summed E-state index contributed by atoms with van der Waals surface area (Å²) < 4.78 is 5.10. The average Bonchev–Trinajstić information content (AvgIpc) is 2.28. The highest BCUT2D eigenvalue weighted by molar-refractivity contribution is 5.38. The molecule has 0 saturated carbocycles. The molecule has 2 unspecified atom stereocenters. The molecule has 0 radical (unpaired) electrons. The van der Waals surface area contributed by atoms with Gasteiger partial charge in [-0.3, -0.25) is 0 Å². The van der Waals surface area contributed by atoms with Crippen molar-refractivity contribution in [3.05, 3.63) is 29.3 Å². The van der Waals surface area contributed by atoms with E-state index in [1.165, 1.54) is 7.11 Å². The highest BCUT2D eigenvalue weighted by Crippen LogP contribution is 2.29. The fraction of sp³-hybridized carbons (Fsp3) is 0.417. The first-order valence-electron chi connectivity index (χ1n) is 4.97. The summed E-state index contributed by atoms with van der Waals surface area (Å²) in [5.41, 5.74) is 1.46. The quantitative estimate of drug-likeness (QED) is 0.804. The van der Waals surface area contributed by atoms with E-state index in [1.807, 2.05) is 19.1 Å². The summed E-state index contributed by atoms with van der Waals surface area (Å²) in [7, 11) is 1.50. The number of hydrogen-bond acceptors (Lipinski definition) is 4. The molecule has 0 heterocycles. The predicted octanol–water partition coefficient (Wildman–Crippen LogP) is 1.31. The molecule has 1 rings (SSSR count). The number of aliphatic hydroxyl groups excluding tert-OH is 2. The molecule has 2 N–H and O–H groups in total. The Morgan fingerprint density at radius 3 is 2.69 bits per heavy atom. The molecule has 86 valence electrons. The second kappa shape index (κ2) is 5.50. The largest absolute Gasteiger partial charge is 0.496 e. The molecule has 4 heteroatoms. The summed E-state index contributed by atoms with van der Waals surface area (Å²) in [5.74, 6) is 0.509. The van der Waals surface area contributed by atoms with E-state index in [4.69, 9.17) is 10.00 Å². The van der Waals surface area contributed by atoms with Gasteiger partial charge < -0.3 is 14.9 Å². The highest BCUT2D eigenvalue weighted by Gasteiger charge is 2.21. The highest BCUT2D eigenvalue weighted by atomic mass is 16.5. The molecule has 0 spiro atoms. The van der Waals surface area contributed by atoms with Crippen molar-refractivity contribution in [1.82, 2.24) is 0 Å². The minimum Gasteiger partial charge on any atom is -0.496 e. The van der Waals surface area contributed by atoms with Crippen molar-refractivity contribution in [3.8, 4) is 11.8 Å². The van der Waals surface area contributed by atoms with Crippen molar-refractivity contribution in [2.75, 3.05) is 7.11 Å². The molecule has 2 atom stereocenters. The van der Waals surface area contributed by atoms with E-state index in [2.05, 4.69) is 0 Å². The number of ether oxygens (including phenoxy) is 1. The molecule has 0 fully saturated rings. The second-order valence-corrected chi connectivity index (χ2v) is 3.62. The van der Waals surface area contributed by atoms with Gasteiger partial charge >= 0.3 is 0 Å². The normalized spacial score (nSPS) is 13.9. The Kier molecular flexibility index (Phi) is 4.29. The zero-order valence-corrected chi connectivity index (χ0v) is 9.34. The molecule has 0 aliphatic heterocycles. The van der Waals surface area contributed by atoms with Gasteiger partial charge in [0, 0.05) is 5.56 Å². The van der Waals surface area contributed by atoms with Crippen LogP contribution in [0.4, 0.5) is 0 Å². The van der Waals surface area contributed by atoms with E-state index in [9.17, 15) is 10.2 Å². The van der Waals surface area contributed by atoms with Crippen LogP contribution in [0.2, 0.25) is 0 Å². The van der Waals surface area contributed by atoms with Crippen LogP contribution >= 0.6 is 0 Å². The number of aliphatic hydroxyl groups is 2. The lowest BCUT2D eigenvalue weighted by Crippen LogP contribution is -2.18. The SMILES string of the molecule is COc1ccc(C)cc1C(O)C(O)CC#N. The van der Waals surface area contributed by atoms with Crippen LogP contribution in [0.15, 0.2) is 18.2 Å². The van der Waals surface area contributed by atoms with Crippen LogP contribution in [-0.4, -0.2) is 23.4 Å². The third-order valence-electron chi connectivity index (χ3n) is 2.37. The van der Waals surface area contributed by atoms with E-state index in [0.717, 1.165) is 5.56 Å². The Bertz CT molecular complexity index is 398. The summed E-state index contributed by atoms with van der Waals surface area (Å²) in [6.07, 6.45) is -2.31. The maximum Gasteiger partial charge on any atom is 0.124 e. The van der Waals surface area contributed by atoms with Gasteiger partial charge in [0.2, 0.25) is 0 Å². The lowest BCUT2D eigenvalue weighted by atomic mass is 10.00. The molecule has 0 saturated heterocycles. The fourth-order valence-electron chi connectivity index (χ4n) is 1.50. The first-order chi connectivity index (χ1) is 7.60. The second-order valence-electron chi connectivity index (χ2n) is 3.62. The van der Waals surface area contributed by atoms with Gasteiger partial charge in [0.15, 0.2) is 0 Å². The Labute approximate surface area is 94.7 Å². The van der Waals surface area contributed by atoms with Gasteiger partial charge in [-0.05, 0) is 19.1 Å². The summed E-state index contributed by atoms with van der Waals surface area (Å²) >= 11 is 0. The number of methoxy groups -OCH3 is 1. The molecule has 0 aliphatic carbocycles. The molecule has 0 amide bonds. The number of nitrogens with zero attached hydrogens (tertiary/aromatic N) is 1. The van der Waals surface area contributed by atoms with Crippen molar-refractivity contribution in [2.24, 2.45) is 0 Å². The zero-order valence-electron chi connectivity index (χ0n) is 9.34. The molecule has 0 bridgehead atoms. The molecule has 0 aromatic heterocycles. The third-order valence-corrected chi connectivity index (χ3v) is 2.37. The Morgan fingerprint density at radius 2 is 2.12 bits per heavy atom. The van der Waals surface area contributed by atoms with Gasteiger partial charge in [0.05, 0.1) is 25.7 Å². The van der Waals surface area contributed by atoms with Crippen molar-refractivity contribution in [2.45, 2.75) is 25.6 Å². The lowest BCUT2D eigenvalue weighted by Gasteiger charge is -2.18. The van der Waals surface area contributed by atoms with E-state index < -0.39 is 12.2 Å². The number of nitriles is 1. The minimum atomic E-state index is -1.10. The molecule has 1 aromatic rings. The molecular weight excluding hydrogens is 206 g/mol. The standard InChI is InChI=1S/C12H15NO3/c1-8-3-4-11(16-2)9(7-8)12(15)10(14)5-6-13/h3-4,7,10,12,14-15H,5H2,1-2H3. The van der Waals surface area contributed by atoms with Gasteiger partial charge in [0.25, 0.3) is 0 Å². The molecule has 16 heavy (non-hydrogen) atoms. The van der Waals surface area contributed by atoms with Crippen LogP contribution in [0.1, 0.15) is 23.7 Å².